The lowest BCUT2D eigenvalue weighted by molar-refractivity contribution is -0.119. The van der Waals surface area contributed by atoms with Crippen molar-refractivity contribution in [2.75, 3.05) is 0 Å². The van der Waals surface area contributed by atoms with Crippen LogP contribution in [-0.4, -0.2) is 5.78 Å². The predicted molar refractivity (Wildman–Crippen MR) is 70.8 cm³/mol. The van der Waals surface area contributed by atoms with E-state index in [9.17, 15) is 4.79 Å². The Balaban J connectivity index is 0.00000106. The van der Waals surface area contributed by atoms with Crippen molar-refractivity contribution in [1.29, 1.82) is 0 Å². The fourth-order valence-corrected chi connectivity index (χ4v) is 1.44. The quantitative estimate of drug-likeness (QED) is 0.722. The smallest absolute Gasteiger partial charge is 0.133 e. The van der Waals surface area contributed by atoms with Gasteiger partial charge in [-0.2, -0.15) is 0 Å². The van der Waals surface area contributed by atoms with Crippen molar-refractivity contribution in [3.05, 3.63) is 35.4 Å². The first-order valence-electron chi connectivity index (χ1n) is 6.29. The lowest BCUT2D eigenvalue weighted by Crippen LogP contribution is -1.99. The van der Waals surface area contributed by atoms with E-state index < -0.39 is 0 Å². The molecule has 0 bridgehead atoms. The van der Waals surface area contributed by atoms with Gasteiger partial charge in [-0.05, 0) is 25.3 Å². The van der Waals surface area contributed by atoms with Crippen LogP contribution in [-0.2, 0) is 11.2 Å². The lowest BCUT2D eigenvalue weighted by atomic mass is 10.0. The normalized spacial score (nSPS) is 9.25. The third-order valence-corrected chi connectivity index (χ3v) is 2.34. The summed E-state index contributed by atoms with van der Waals surface area (Å²) >= 11 is 0. The van der Waals surface area contributed by atoms with Crippen LogP contribution in [0.3, 0.4) is 0 Å². The average molecular weight is 220 g/mol. The van der Waals surface area contributed by atoms with Crippen LogP contribution in [0.5, 0.6) is 0 Å². The van der Waals surface area contributed by atoms with Crippen molar-refractivity contribution in [3.63, 3.8) is 0 Å². The van der Waals surface area contributed by atoms with Crippen LogP contribution < -0.4 is 0 Å². The molecule has 0 spiro atoms. The standard InChI is InChI=1S/C13H18O.C2H6/c1-3-4-13(14)10-9-12-7-5-11(2)6-8-12;1-2/h5-8H,3-4,9-10H2,1-2H3;1-2H3. The first kappa shape index (κ1) is 14.9. The van der Waals surface area contributed by atoms with Gasteiger partial charge in [0.25, 0.3) is 0 Å². The van der Waals surface area contributed by atoms with E-state index in [1.807, 2.05) is 20.8 Å². The van der Waals surface area contributed by atoms with Crippen LogP contribution in [0.15, 0.2) is 24.3 Å². The van der Waals surface area contributed by atoms with E-state index in [0.717, 1.165) is 19.3 Å². The summed E-state index contributed by atoms with van der Waals surface area (Å²) in [5, 5.41) is 0. The van der Waals surface area contributed by atoms with Crippen LogP contribution in [0.1, 0.15) is 51.2 Å². The van der Waals surface area contributed by atoms with Gasteiger partial charge in [-0.15, -0.1) is 0 Å². The van der Waals surface area contributed by atoms with Gasteiger partial charge >= 0.3 is 0 Å². The number of hydrogen-bond donors (Lipinski definition) is 0. The SMILES string of the molecule is CC.CCCC(=O)CCc1ccc(C)cc1. The average Bonchev–Trinajstić information content (AvgIpc) is 2.31. The summed E-state index contributed by atoms with van der Waals surface area (Å²) in [6, 6.07) is 8.41. The molecule has 1 heteroatoms. The highest BCUT2D eigenvalue weighted by molar-refractivity contribution is 5.78. The van der Waals surface area contributed by atoms with Gasteiger partial charge in [0.15, 0.2) is 0 Å². The Morgan fingerprint density at radius 2 is 1.62 bits per heavy atom. The molecule has 0 atom stereocenters. The fraction of sp³-hybridized carbons (Fsp3) is 0.533. The number of hydrogen-bond acceptors (Lipinski definition) is 1. The second kappa shape index (κ2) is 9.14. The van der Waals surface area contributed by atoms with E-state index in [1.165, 1.54) is 11.1 Å². The molecule has 0 unspecified atom stereocenters. The molecule has 1 aromatic rings. The summed E-state index contributed by atoms with van der Waals surface area (Å²) in [6.45, 7) is 8.12. The Morgan fingerprint density at radius 1 is 1.06 bits per heavy atom. The monoisotopic (exact) mass is 220 g/mol. The summed E-state index contributed by atoms with van der Waals surface area (Å²) < 4.78 is 0. The summed E-state index contributed by atoms with van der Waals surface area (Å²) in [6.07, 6.45) is 3.27. The fourth-order valence-electron chi connectivity index (χ4n) is 1.44. The molecule has 16 heavy (non-hydrogen) atoms. The van der Waals surface area contributed by atoms with Crippen molar-refractivity contribution < 1.29 is 4.79 Å². The van der Waals surface area contributed by atoms with Crippen LogP contribution >= 0.6 is 0 Å². The second-order valence-corrected chi connectivity index (χ2v) is 3.77. The maximum Gasteiger partial charge on any atom is 0.133 e. The van der Waals surface area contributed by atoms with Crippen molar-refractivity contribution in [2.45, 2.75) is 53.4 Å². The number of carbonyl (C=O) groups excluding carboxylic acids is 1. The molecule has 1 aromatic carbocycles. The van der Waals surface area contributed by atoms with Crippen molar-refractivity contribution in [1.82, 2.24) is 0 Å². The highest BCUT2D eigenvalue weighted by Gasteiger charge is 2.00. The topological polar surface area (TPSA) is 17.1 Å². The molecule has 0 fully saturated rings. The van der Waals surface area contributed by atoms with Crippen LogP contribution in [0.4, 0.5) is 0 Å². The van der Waals surface area contributed by atoms with Gasteiger partial charge in [0.2, 0.25) is 0 Å². The molecule has 0 amide bonds. The highest BCUT2D eigenvalue weighted by atomic mass is 16.1. The number of benzene rings is 1. The third kappa shape index (κ3) is 6.39. The lowest BCUT2D eigenvalue weighted by Gasteiger charge is -2.01. The molecule has 0 aromatic heterocycles. The molecule has 0 aliphatic heterocycles. The molecule has 0 saturated carbocycles. The van der Waals surface area contributed by atoms with Crippen LogP contribution in [0.25, 0.3) is 0 Å². The number of aryl methyl sites for hydroxylation is 2. The van der Waals surface area contributed by atoms with Crippen molar-refractivity contribution in [2.24, 2.45) is 0 Å². The molecule has 1 rings (SSSR count). The van der Waals surface area contributed by atoms with E-state index in [4.69, 9.17) is 0 Å². The van der Waals surface area contributed by atoms with Gasteiger partial charge < -0.3 is 0 Å². The van der Waals surface area contributed by atoms with Crippen molar-refractivity contribution in [3.8, 4) is 0 Å². The molecule has 0 saturated heterocycles. The van der Waals surface area contributed by atoms with Crippen LogP contribution in [0.2, 0.25) is 0 Å². The zero-order chi connectivity index (χ0) is 12.4. The van der Waals surface area contributed by atoms with E-state index in [1.54, 1.807) is 0 Å². The molecule has 0 heterocycles. The Bertz CT molecular complexity index is 285. The Morgan fingerprint density at radius 3 is 2.12 bits per heavy atom. The molecule has 0 N–H and O–H groups in total. The Hall–Kier alpha value is -1.11. The predicted octanol–water partition coefficient (Wildman–Crippen LogP) is 4.32. The number of rotatable bonds is 5. The van der Waals surface area contributed by atoms with Gasteiger partial charge in [0.1, 0.15) is 5.78 Å². The molecule has 90 valence electrons. The minimum Gasteiger partial charge on any atom is -0.300 e. The minimum absolute atomic E-state index is 0.382. The second-order valence-electron chi connectivity index (χ2n) is 3.77. The molecule has 0 aliphatic rings. The van der Waals surface area contributed by atoms with E-state index >= 15 is 0 Å². The van der Waals surface area contributed by atoms with E-state index in [2.05, 4.69) is 31.2 Å². The van der Waals surface area contributed by atoms with E-state index in [-0.39, 0.29) is 0 Å². The number of Topliss-reactive ketones (excluding diaryl/α,β-unsaturated/α-hetero) is 1. The van der Waals surface area contributed by atoms with Crippen molar-refractivity contribution >= 4 is 5.78 Å². The Kier molecular flexibility index (Phi) is 8.51. The third-order valence-electron chi connectivity index (χ3n) is 2.34. The molecular formula is C15H24O. The zero-order valence-corrected chi connectivity index (χ0v) is 11.0. The largest absolute Gasteiger partial charge is 0.300 e. The van der Waals surface area contributed by atoms with Gasteiger partial charge in [-0.3, -0.25) is 4.79 Å². The summed E-state index contributed by atoms with van der Waals surface area (Å²) in [5.41, 5.74) is 2.54. The number of carbonyl (C=O) groups is 1. The molecule has 1 nitrogen and oxygen atoms in total. The maximum absolute atomic E-state index is 11.3. The van der Waals surface area contributed by atoms with Gasteiger partial charge in [-0.1, -0.05) is 50.6 Å². The highest BCUT2D eigenvalue weighted by Crippen LogP contribution is 2.07. The van der Waals surface area contributed by atoms with E-state index in [0.29, 0.717) is 12.2 Å². The summed E-state index contributed by atoms with van der Waals surface area (Å²) in [5.74, 6) is 0.382. The summed E-state index contributed by atoms with van der Waals surface area (Å²) in [4.78, 5) is 11.3. The van der Waals surface area contributed by atoms with Crippen LogP contribution in [0, 0.1) is 6.92 Å². The minimum atomic E-state index is 0.382. The van der Waals surface area contributed by atoms with Gasteiger partial charge in [0.05, 0.1) is 0 Å². The molecule has 0 radical (unpaired) electrons. The van der Waals surface area contributed by atoms with Gasteiger partial charge in [0, 0.05) is 12.8 Å². The zero-order valence-electron chi connectivity index (χ0n) is 11.0. The number of ketones is 1. The van der Waals surface area contributed by atoms with Gasteiger partial charge in [-0.25, -0.2) is 0 Å². The molecule has 0 aliphatic carbocycles. The first-order valence-corrected chi connectivity index (χ1v) is 6.29. The Labute approximate surface area is 99.9 Å². The first-order chi connectivity index (χ1) is 7.72. The molecular weight excluding hydrogens is 196 g/mol. The maximum atomic E-state index is 11.3. The summed E-state index contributed by atoms with van der Waals surface area (Å²) in [7, 11) is 0.